The first-order chi connectivity index (χ1) is 14.3. The van der Waals surface area contributed by atoms with Crippen LogP contribution in [0.1, 0.15) is 63.3 Å². The molecule has 4 rings (SSSR count). The molecule has 4 heteroatoms. The molecule has 0 bridgehead atoms. The van der Waals surface area contributed by atoms with Crippen LogP contribution in [-0.4, -0.2) is 28.8 Å². The zero-order chi connectivity index (χ0) is 21.5. The number of H-pyrrole nitrogens is 1. The highest BCUT2D eigenvalue weighted by molar-refractivity contribution is 5.95. The molecule has 0 radical (unpaired) electrons. The molecule has 1 aromatic carbocycles. The van der Waals surface area contributed by atoms with Gasteiger partial charge >= 0.3 is 0 Å². The van der Waals surface area contributed by atoms with E-state index in [-0.39, 0.29) is 0 Å². The Hall–Kier alpha value is -2.46. The van der Waals surface area contributed by atoms with Crippen molar-refractivity contribution in [2.45, 2.75) is 58.8 Å². The van der Waals surface area contributed by atoms with Crippen molar-refractivity contribution >= 4 is 16.7 Å². The highest BCUT2D eigenvalue weighted by Gasteiger charge is 2.32. The van der Waals surface area contributed by atoms with E-state index in [0.29, 0.717) is 24.0 Å². The van der Waals surface area contributed by atoms with Gasteiger partial charge in [0.05, 0.1) is 5.69 Å². The van der Waals surface area contributed by atoms with Crippen molar-refractivity contribution in [2.75, 3.05) is 13.1 Å². The summed E-state index contributed by atoms with van der Waals surface area (Å²) >= 11 is 0. The number of ketones is 1. The molecule has 0 unspecified atom stereocenters. The maximum absolute atomic E-state index is 13.2. The predicted molar refractivity (Wildman–Crippen MR) is 124 cm³/mol. The van der Waals surface area contributed by atoms with Crippen LogP contribution in [-0.2, 0) is 10.2 Å². The molecule has 2 aromatic heterocycles. The second kappa shape index (κ2) is 7.99. The molecule has 4 nitrogen and oxygen atoms in total. The van der Waals surface area contributed by atoms with Gasteiger partial charge in [-0.2, -0.15) is 0 Å². The van der Waals surface area contributed by atoms with E-state index in [2.05, 4.69) is 73.3 Å². The zero-order valence-electron chi connectivity index (χ0n) is 18.8. The van der Waals surface area contributed by atoms with E-state index in [1.165, 1.54) is 10.9 Å². The van der Waals surface area contributed by atoms with Gasteiger partial charge in [-0.05, 0) is 87.5 Å². The molecule has 2 N–H and O–H groups in total. The topological polar surface area (TPSA) is 57.8 Å². The van der Waals surface area contributed by atoms with Crippen molar-refractivity contribution in [3.63, 3.8) is 0 Å². The molecule has 3 aromatic rings. The first-order valence-electron chi connectivity index (χ1n) is 11.1. The van der Waals surface area contributed by atoms with Crippen molar-refractivity contribution < 1.29 is 4.79 Å². The Morgan fingerprint density at radius 2 is 2.03 bits per heavy atom. The van der Waals surface area contributed by atoms with E-state index in [1.807, 2.05) is 13.1 Å². The van der Waals surface area contributed by atoms with Crippen LogP contribution in [0.4, 0.5) is 0 Å². The number of aromatic nitrogens is 2. The monoisotopic (exact) mass is 403 g/mol. The van der Waals surface area contributed by atoms with E-state index in [0.717, 1.165) is 47.5 Å². The van der Waals surface area contributed by atoms with Gasteiger partial charge in [-0.15, -0.1) is 0 Å². The average Bonchev–Trinajstić information content (AvgIpc) is 3.34. The fraction of sp³-hybridized carbons (Fsp3) is 0.462. The largest absolute Gasteiger partial charge is 0.354 e. The summed E-state index contributed by atoms with van der Waals surface area (Å²) < 4.78 is 0. The van der Waals surface area contributed by atoms with Gasteiger partial charge < -0.3 is 10.3 Å². The molecule has 1 aliphatic rings. The van der Waals surface area contributed by atoms with E-state index in [1.54, 1.807) is 0 Å². The SMILES string of the molecule is Cc1cc(-c2[nH]c3ccc(C(C)(C)C(=O)C[C@H]4CCNC4)cc3c2C(C)C)ccn1. The first kappa shape index (κ1) is 20.8. The second-order valence-corrected chi connectivity index (χ2v) is 9.63. The van der Waals surface area contributed by atoms with E-state index < -0.39 is 5.41 Å². The van der Waals surface area contributed by atoms with Crippen molar-refractivity contribution in [1.29, 1.82) is 0 Å². The lowest BCUT2D eigenvalue weighted by Gasteiger charge is -2.25. The van der Waals surface area contributed by atoms with Crippen LogP contribution >= 0.6 is 0 Å². The highest BCUT2D eigenvalue weighted by Crippen LogP contribution is 2.38. The minimum Gasteiger partial charge on any atom is -0.354 e. The number of Topliss-reactive ketones (excluding diaryl/α,β-unsaturated/α-hetero) is 1. The number of pyridine rings is 1. The minimum absolute atomic E-state index is 0.335. The number of nitrogens with one attached hydrogen (secondary N) is 2. The molecule has 30 heavy (non-hydrogen) atoms. The summed E-state index contributed by atoms with van der Waals surface area (Å²) in [4.78, 5) is 21.2. The molecule has 158 valence electrons. The summed E-state index contributed by atoms with van der Waals surface area (Å²) in [6.45, 7) is 12.6. The Morgan fingerprint density at radius 3 is 2.70 bits per heavy atom. The number of carbonyl (C=O) groups is 1. The lowest BCUT2D eigenvalue weighted by Crippen LogP contribution is -2.31. The summed E-state index contributed by atoms with van der Waals surface area (Å²) in [5.74, 6) is 1.17. The summed E-state index contributed by atoms with van der Waals surface area (Å²) in [5.41, 5.74) is 6.36. The van der Waals surface area contributed by atoms with Crippen LogP contribution < -0.4 is 5.32 Å². The first-order valence-corrected chi connectivity index (χ1v) is 11.1. The number of hydrogen-bond acceptors (Lipinski definition) is 3. The normalized spacial score (nSPS) is 17.2. The van der Waals surface area contributed by atoms with Crippen LogP contribution in [0.15, 0.2) is 36.5 Å². The van der Waals surface area contributed by atoms with Crippen LogP contribution in [0.5, 0.6) is 0 Å². The molecule has 1 atom stereocenters. The van der Waals surface area contributed by atoms with Crippen LogP contribution in [0.3, 0.4) is 0 Å². The van der Waals surface area contributed by atoms with Gasteiger partial charge in [-0.25, -0.2) is 0 Å². The van der Waals surface area contributed by atoms with Gasteiger partial charge in [0, 0.05) is 40.2 Å². The van der Waals surface area contributed by atoms with Gasteiger partial charge in [-0.3, -0.25) is 9.78 Å². The Bertz CT molecular complexity index is 1070. The fourth-order valence-corrected chi connectivity index (χ4v) is 4.70. The molecule has 0 amide bonds. The lowest BCUT2D eigenvalue weighted by molar-refractivity contribution is -0.124. The number of aryl methyl sites for hydroxylation is 1. The number of benzene rings is 1. The van der Waals surface area contributed by atoms with Gasteiger partial charge in [0.15, 0.2) is 0 Å². The Balaban J connectivity index is 1.76. The van der Waals surface area contributed by atoms with Crippen molar-refractivity contribution in [3.8, 4) is 11.3 Å². The maximum Gasteiger partial charge on any atom is 0.143 e. The third kappa shape index (κ3) is 3.81. The average molecular weight is 404 g/mol. The number of nitrogens with zero attached hydrogens (tertiary/aromatic N) is 1. The molecular formula is C26H33N3O. The molecular weight excluding hydrogens is 370 g/mol. The predicted octanol–water partition coefficient (Wildman–Crippen LogP) is 5.51. The van der Waals surface area contributed by atoms with Crippen LogP contribution in [0.2, 0.25) is 0 Å². The summed E-state index contributed by atoms with van der Waals surface area (Å²) in [5, 5.41) is 4.59. The fourth-order valence-electron chi connectivity index (χ4n) is 4.70. The van der Waals surface area contributed by atoms with Gasteiger partial charge in [0.2, 0.25) is 0 Å². The zero-order valence-corrected chi connectivity index (χ0v) is 18.8. The van der Waals surface area contributed by atoms with Gasteiger partial charge in [-0.1, -0.05) is 19.9 Å². The van der Waals surface area contributed by atoms with E-state index in [4.69, 9.17) is 0 Å². The standard InChI is InChI=1S/C26H33N3O/c1-16(2)24-21-14-20(26(4,5)23(30)13-18-8-10-27-15-18)6-7-22(21)29-25(24)19-9-11-28-17(3)12-19/h6-7,9,11-12,14,16,18,27,29H,8,10,13,15H2,1-5H3/t18-/m1/s1. The van der Waals surface area contributed by atoms with Gasteiger partial charge in [0.25, 0.3) is 0 Å². The minimum atomic E-state index is -0.490. The number of aromatic amines is 1. The van der Waals surface area contributed by atoms with Crippen molar-refractivity contribution in [1.82, 2.24) is 15.3 Å². The third-order valence-electron chi connectivity index (χ3n) is 6.66. The number of carbonyl (C=O) groups excluding carboxylic acids is 1. The number of rotatable bonds is 6. The third-order valence-corrected chi connectivity index (χ3v) is 6.66. The second-order valence-electron chi connectivity index (χ2n) is 9.63. The Labute approximate surface area is 179 Å². The molecule has 0 spiro atoms. The van der Waals surface area contributed by atoms with Crippen LogP contribution in [0.25, 0.3) is 22.2 Å². The molecule has 1 aliphatic heterocycles. The van der Waals surface area contributed by atoms with Gasteiger partial charge in [0.1, 0.15) is 5.78 Å². The van der Waals surface area contributed by atoms with Crippen molar-refractivity contribution in [3.05, 3.63) is 53.3 Å². The molecule has 0 aliphatic carbocycles. The quantitative estimate of drug-likeness (QED) is 0.571. The maximum atomic E-state index is 13.2. The molecule has 3 heterocycles. The summed E-state index contributed by atoms with van der Waals surface area (Å²) in [6, 6.07) is 10.7. The lowest BCUT2D eigenvalue weighted by atomic mass is 9.77. The van der Waals surface area contributed by atoms with Crippen molar-refractivity contribution in [2.24, 2.45) is 5.92 Å². The smallest absolute Gasteiger partial charge is 0.143 e. The van der Waals surface area contributed by atoms with E-state index in [9.17, 15) is 4.79 Å². The summed E-state index contributed by atoms with van der Waals surface area (Å²) in [6.07, 6.45) is 3.62. The molecule has 0 saturated carbocycles. The molecule has 1 saturated heterocycles. The van der Waals surface area contributed by atoms with E-state index >= 15 is 0 Å². The number of hydrogen-bond donors (Lipinski definition) is 2. The number of fused-ring (bicyclic) bond motifs is 1. The molecule has 1 fully saturated rings. The van der Waals surface area contributed by atoms with Crippen LogP contribution in [0, 0.1) is 12.8 Å². The Morgan fingerprint density at radius 1 is 1.23 bits per heavy atom. The highest BCUT2D eigenvalue weighted by atomic mass is 16.1. The summed E-state index contributed by atoms with van der Waals surface area (Å²) in [7, 11) is 0. The Kier molecular flexibility index (Phi) is 5.54.